The SMILES string of the molecule is Cl.NC(N)=Nc1ccc(C(=O)NCCC[C@H]2CN(CC(=O)O)CCN2C(=O)CNC(=O)c2ccc(N=C(N)N)cc2)cc1. The summed E-state index contributed by atoms with van der Waals surface area (Å²) in [5.74, 6) is -2.13. The Labute approximate surface area is 254 Å². The molecule has 0 spiro atoms. The lowest BCUT2D eigenvalue weighted by Gasteiger charge is -2.41. The lowest BCUT2D eigenvalue weighted by atomic mass is 10.1. The molecule has 1 aliphatic heterocycles. The summed E-state index contributed by atoms with van der Waals surface area (Å²) in [7, 11) is 0. The van der Waals surface area contributed by atoms with Gasteiger partial charge in [0.25, 0.3) is 11.8 Å². The molecule has 11 N–H and O–H groups in total. The van der Waals surface area contributed by atoms with Gasteiger partial charge in [-0.3, -0.25) is 24.1 Å². The topological polar surface area (TPSA) is 248 Å². The fraction of sp³-hybridized carbons (Fsp3) is 0.333. The third-order valence-electron chi connectivity index (χ3n) is 6.42. The van der Waals surface area contributed by atoms with Gasteiger partial charge < -0.3 is 43.6 Å². The lowest BCUT2D eigenvalue weighted by Crippen LogP contribution is -2.57. The number of carboxylic acids is 1. The average molecular weight is 617 g/mol. The maximum absolute atomic E-state index is 13.1. The molecule has 3 rings (SSSR count). The van der Waals surface area contributed by atoms with E-state index >= 15 is 0 Å². The number of nitrogens with one attached hydrogen (secondary N) is 2. The Morgan fingerprint density at radius 2 is 1.33 bits per heavy atom. The van der Waals surface area contributed by atoms with Crippen molar-refractivity contribution in [2.45, 2.75) is 18.9 Å². The van der Waals surface area contributed by atoms with Crippen molar-refractivity contribution < 1.29 is 24.3 Å². The van der Waals surface area contributed by atoms with E-state index in [4.69, 9.17) is 22.9 Å². The monoisotopic (exact) mass is 616 g/mol. The molecule has 0 radical (unpaired) electrons. The van der Waals surface area contributed by atoms with Crippen LogP contribution in [0.15, 0.2) is 58.5 Å². The van der Waals surface area contributed by atoms with E-state index in [1.165, 1.54) is 0 Å². The van der Waals surface area contributed by atoms with Crippen LogP contribution in [-0.2, 0) is 9.59 Å². The number of carbonyl (C=O) groups is 4. The highest BCUT2D eigenvalue weighted by Crippen LogP contribution is 2.16. The quantitative estimate of drug-likeness (QED) is 0.0910. The highest BCUT2D eigenvalue weighted by molar-refractivity contribution is 5.97. The van der Waals surface area contributed by atoms with Crippen LogP contribution < -0.4 is 33.6 Å². The van der Waals surface area contributed by atoms with Gasteiger partial charge >= 0.3 is 5.97 Å². The molecule has 16 heteroatoms. The van der Waals surface area contributed by atoms with Crippen LogP contribution in [-0.4, -0.2) is 95.8 Å². The first-order valence-electron chi connectivity index (χ1n) is 13.2. The minimum atomic E-state index is -0.954. The summed E-state index contributed by atoms with van der Waals surface area (Å²) in [5, 5.41) is 14.7. The molecule has 1 aliphatic rings. The summed E-state index contributed by atoms with van der Waals surface area (Å²) in [6, 6.07) is 12.4. The standard InChI is InChI=1S/C27H36N10O5.ClH/c28-26(29)34-19-7-3-17(4-8-19)24(41)32-11-1-2-21-15-36(16-23(39)40)12-13-37(21)22(38)14-33-25(42)18-5-9-20(10-6-18)35-27(30)31;/h3-10,21H,1-2,11-16H2,(H,32,41)(H,33,42)(H,39,40)(H4,28,29,34)(H4,30,31,35);1H/t21-;/m0./s1. The van der Waals surface area contributed by atoms with Gasteiger partial charge in [0, 0.05) is 43.3 Å². The largest absolute Gasteiger partial charge is 0.480 e. The molecular formula is C27H37ClN10O5. The van der Waals surface area contributed by atoms with E-state index in [1.54, 1.807) is 58.3 Å². The second kappa shape index (κ2) is 16.5. The highest BCUT2D eigenvalue weighted by Gasteiger charge is 2.31. The summed E-state index contributed by atoms with van der Waals surface area (Å²) >= 11 is 0. The van der Waals surface area contributed by atoms with Crippen molar-refractivity contribution in [3.63, 3.8) is 0 Å². The first kappa shape index (κ1) is 34.3. The third-order valence-corrected chi connectivity index (χ3v) is 6.42. The van der Waals surface area contributed by atoms with Gasteiger partial charge in [-0.1, -0.05) is 0 Å². The third kappa shape index (κ3) is 11.1. The molecule has 1 heterocycles. The zero-order valence-corrected chi connectivity index (χ0v) is 24.3. The Morgan fingerprint density at radius 1 is 0.814 bits per heavy atom. The van der Waals surface area contributed by atoms with Gasteiger partial charge in [0.05, 0.1) is 24.5 Å². The van der Waals surface area contributed by atoms with Crippen LogP contribution in [0.1, 0.15) is 33.6 Å². The average Bonchev–Trinajstić information content (AvgIpc) is 2.93. The molecule has 0 aliphatic carbocycles. The van der Waals surface area contributed by atoms with Crippen molar-refractivity contribution in [2.75, 3.05) is 39.3 Å². The number of piperazine rings is 1. The van der Waals surface area contributed by atoms with Crippen molar-refractivity contribution in [3.8, 4) is 0 Å². The fourth-order valence-corrected chi connectivity index (χ4v) is 4.50. The Morgan fingerprint density at radius 3 is 1.81 bits per heavy atom. The number of carboxylic acid groups (broad SMARTS) is 1. The van der Waals surface area contributed by atoms with Crippen LogP contribution >= 0.6 is 12.4 Å². The van der Waals surface area contributed by atoms with Gasteiger partial charge in [0.2, 0.25) is 5.91 Å². The summed E-state index contributed by atoms with van der Waals surface area (Å²) in [6.07, 6.45) is 1.06. The Hall–Kier alpha value is -4.89. The van der Waals surface area contributed by atoms with Gasteiger partial charge in [-0.25, -0.2) is 9.98 Å². The van der Waals surface area contributed by atoms with Crippen LogP contribution in [0.5, 0.6) is 0 Å². The van der Waals surface area contributed by atoms with Gasteiger partial charge in [0.1, 0.15) is 0 Å². The van der Waals surface area contributed by atoms with Crippen LogP contribution in [0.25, 0.3) is 0 Å². The molecule has 43 heavy (non-hydrogen) atoms. The van der Waals surface area contributed by atoms with Crippen molar-refractivity contribution in [3.05, 3.63) is 59.7 Å². The Bertz CT molecular complexity index is 1330. The summed E-state index contributed by atoms with van der Waals surface area (Å²) in [5.41, 5.74) is 23.2. The molecular weight excluding hydrogens is 580 g/mol. The van der Waals surface area contributed by atoms with Crippen molar-refractivity contribution in [1.29, 1.82) is 0 Å². The second-order valence-corrected chi connectivity index (χ2v) is 9.62. The van der Waals surface area contributed by atoms with E-state index < -0.39 is 11.9 Å². The lowest BCUT2D eigenvalue weighted by molar-refractivity contribution is -0.140. The van der Waals surface area contributed by atoms with Crippen LogP contribution in [0, 0.1) is 0 Å². The molecule has 0 saturated carbocycles. The maximum Gasteiger partial charge on any atom is 0.317 e. The molecule has 2 aromatic carbocycles. The number of nitrogens with two attached hydrogens (primary N) is 4. The molecule has 0 bridgehead atoms. The van der Waals surface area contributed by atoms with Gasteiger partial charge in [-0.05, 0) is 61.4 Å². The Kier molecular flexibility index (Phi) is 13.2. The smallest absolute Gasteiger partial charge is 0.317 e. The predicted molar refractivity (Wildman–Crippen MR) is 165 cm³/mol. The minimum absolute atomic E-state index is 0. The van der Waals surface area contributed by atoms with Gasteiger partial charge in [-0.2, -0.15) is 0 Å². The van der Waals surface area contributed by atoms with E-state index in [0.717, 1.165) is 0 Å². The maximum atomic E-state index is 13.1. The van der Waals surface area contributed by atoms with Crippen molar-refractivity contribution >= 4 is 59.4 Å². The molecule has 3 amide bonds. The number of guanidine groups is 2. The number of hydrogen-bond donors (Lipinski definition) is 7. The van der Waals surface area contributed by atoms with Crippen LogP contribution in [0.3, 0.4) is 0 Å². The zero-order valence-electron chi connectivity index (χ0n) is 23.4. The normalized spacial score (nSPS) is 14.5. The zero-order chi connectivity index (χ0) is 30.6. The van der Waals surface area contributed by atoms with Crippen LogP contribution in [0.4, 0.5) is 11.4 Å². The van der Waals surface area contributed by atoms with Crippen molar-refractivity contribution in [2.24, 2.45) is 32.9 Å². The van der Waals surface area contributed by atoms with Crippen LogP contribution in [0.2, 0.25) is 0 Å². The van der Waals surface area contributed by atoms with E-state index in [2.05, 4.69) is 20.6 Å². The second-order valence-electron chi connectivity index (χ2n) is 9.62. The molecule has 0 aromatic heterocycles. The highest BCUT2D eigenvalue weighted by atomic mass is 35.5. The molecule has 15 nitrogen and oxygen atoms in total. The first-order chi connectivity index (χ1) is 20.0. The fourth-order valence-electron chi connectivity index (χ4n) is 4.50. The molecule has 1 atom stereocenters. The molecule has 1 fully saturated rings. The summed E-state index contributed by atoms with van der Waals surface area (Å²) in [4.78, 5) is 60.7. The number of benzene rings is 2. The number of amides is 3. The number of nitrogens with zero attached hydrogens (tertiary/aromatic N) is 4. The van der Waals surface area contributed by atoms with E-state index in [9.17, 15) is 24.3 Å². The molecule has 1 saturated heterocycles. The minimum Gasteiger partial charge on any atom is -0.480 e. The molecule has 0 unspecified atom stereocenters. The summed E-state index contributed by atoms with van der Waals surface area (Å²) in [6.45, 7) is 1.04. The number of rotatable bonds is 12. The first-order valence-corrected chi connectivity index (χ1v) is 13.2. The summed E-state index contributed by atoms with van der Waals surface area (Å²) < 4.78 is 0. The van der Waals surface area contributed by atoms with Gasteiger partial charge in [-0.15, -0.1) is 12.4 Å². The number of hydrogen-bond acceptors (Lipinski definition) is 7. The van der Waals surface area contributed by atoms with E-state index in [1.807, 2.05) is 0 Å². The van der Waals surface area contributed by atoms with E-state index in [0.29, 0.717) is 61.5 Å². The number of aliphatic imine (C=N–C) groups is 2. The predicted octanol–water partition coefficient (Wildman–Crippen LogP) is -0.544. The molecule has 2 aromatic rings. The Balaban J connectivity index is 0.00000645. The molecule has 232 valence electrons. The number of aliphatic carboxylic acids is 1. The van der Waals surface area contributed by atoms with E-state index in [-0.39, 0.29) is 55.3 Å². The number of carbonyl (C=O) groups excluding carboxylic acids is 3. The number of halogens is 1. The van der Waals surface area contributed by atoms with Gasteiger partial charge in [0.15, 0.2) is 11.9 Å². The van der Waals surface area contributed by atoms with Crippen molar-refractivity contribution in [1.82, 2.24) is 20.4 Å².